The zero-order chi connectivity index (χ0) is 11.8. The first-order valence-electron chi connectivity index (χ1n) is 5.13. The number of alkyl halides is 1. The number of hydrogen-bond donors (Lipinski definition) is 0. The Labute approximate surface area is 110 Å². The fraction of sp³-hybridized carbons (Fsp3) is 0.500. The largest absolute Gasteiger partial charge is 0.496 e. The van der Waals surface area contributed by atoms with E-state index in [9.17, 15) is 0 Å². The van der Waals surface area contributed by atoms with Crippen LogP contribution < -0.4 is 4.74 Å². The highest BCUT2D eigenvalue weighted by molar-refractivity contribution is 14.1. The predicted molar refractivity (Wildman–Crippen MR) is 72.5 cm³/mol. The highest BCUT2D eigenvalue weighted by Gasteiger charge is 2.14. The molecule has 1 unspecified atom stereocenters. The molecule has 1 aromatic rings. The van der Waals surface area contributed by atoms with Gasteiger partial charge in [-0.15, -0.1) is 0 Å². The molecule has 0 bridgehead atoms. The molecule has 0 aliphatic rings. The first-order valence-corrected chi connectivity index (χ1v) is 6.65. The Hall–Kier alpha value is -0.330. The van der Waals surface area contributed by atoms with Gasteiger partial charge in [0.05, 0.1) is 26.4 Å². The van der Waals surface area contributed by atoms with Crippen molar-refractivity contribution in [2.45, 2.75) is 6.10 Å². The molecule has 16 heavy (non-hydrogen) atoms. The van der Waals surface area contributed by atoms with Crippen LogP contribution in [0.2, 0.25) is 0 Å². The molecular formula is C12H17IO3. The fourth-order valence-corrected chi connectivity index (χ4v) is 2.15. The van der Waals surface area contributed by atoms with Gasteiger partial charge >= 0.3 is 0 Å². The number of rotatable bonds is 7. The summed E-state index contributed by atoms with van der Waals surface area (Å²) >= 11 is 2.32. The van der Waals surface area contributed by atoms with Gasteiger partial charge in [0.2, 0.25) is 0 Å². The summed E-state index contributed by atoms with van der Waals surface area (Å²) in [5.41, 5.74) is 1.09. The average Bonchev–Trinajstić information content (AvgIpc) is 2.35. The van der Waals surface area contributed by atoms with Crippen molar-refractivity contribution in [1.29, 1.82) is 0 Å². The number of methoxy groups -OCH3 is 2. The SMILES string of the molecule is COCCOC(CI)c1ccccc1OC. The van der Waals surface area contributed by atoms with Gasteiger partial charge in [0.1, 0.15) is 5.75 Å². The predicted octanol–water partition coefficient (Wildman–Crippen LogP) is 2.83. The molecule has 0 aliphatic heterocycles. The van der Waals surface area contributed by atoms with E-state index in [1.54, 1.807) is 14.2 Å². The minimum Gasteiger partial charge on any atom is -0.496 e. The second-order valence-electron chi connectivity index (χ2n) is 3.25. The van der Waals surface area contributed by atoms with E-state index in [-0.39, 0.29) is 6.10 Å². The maximum Gasteiger partial charge on any atom is 0.124 e. The molecular weight excluding hydrogens is 319 g/mol. The minimum atomic E-state index is 0.0619. The molecule has 0 N–H and O–H groups in total. The summed E-state index contributed by atoms with van der Waals surface area (Å²) in [6.07, 6.45) is 0.0619. The van der Waals surface area contributed by atoms with Gasteiger partial charge in [0.15, 0.2) is 0 Å². The van der Waals surface area contributed by atoms with Gasteiger partial charge in [-0.3, -0.25) is 0 Å². The van der Waals surface area contributed by atoms with Crippen LogP contribution in [0.3, 0.4) is 0 Å². The molecule has 3 nitrogen and oxygen atoms in total. The van der Waals surface area contributed by atoms with E-state index in [0.717, 1.165) is 15.7 Å². The lowest BCUT2D eigenvalue weighted by molar-refractivity contribution is 0.0282. The Balaban J connectivity index is 2.69. The lowest BCUT2D eigenvalue weighted by Crippen LogP contribution is -2.11. The van der Waals surface area contributed by atoms with Crippen LogP contribution in [-0.4, -0.2) is 31.9 Å². The van der Waals surface area contributed by atoms with Crippen molar-refractivity contribution >= 4 is 22.6 Å². The van der Waals surface area contributed by atoms with Crippen LogP contribution in [-0.2, 0) is 9.47 Å². The molecule has 0 fully saturated rings. The number of benzene rings is 1. The van der Waals surface area contributed by atoms with E-state index in [1.165, 1.54) is 0 Å². The molecule has 1 atom stereocenters. The van der Waals surface area contributed by atoms with Crippen molar-refractivity contribution in [3.63, 3.8) is 0 Å². The minimum absolute atomic E-state index is 0.0619. The summed E-state index contributed by atoms with van der Waals surface area (Å²) in [6, 6.07) is 7.95. The molecule has 1 aromatic carbocycles. The number of ether oxygens (including phenoxy) is 3. The van der Waals surface area contributed by atoms with Crippen molar-refractivity contribution in [2.75, 3.05) is 31.9 Å². The second kappa shape index (κ2) is 7.86. The Morgan fingerprint density at radius 1 is 1.19 bits per heavy atom. The van der Waals surface area contributed by atoms with Crippen molar-refractivity contribution in [2.24, 2.45) is 0 Å². The summed E-state index contributed by atoms with van der Waals surface area (Å²) < 4.78 is 16.9. The van der Waals surface area contributed by atoms with Crippen LogP contribution in [0.1, 0.15) is 11.7 Å². The summed E-state index contributed by atoms with van der Waals surface area (Å²) in [5, 5.41) is 0. The van der Waals surface area contributed by atoms with Crippen LogP contribution in [0.15, 0.2) is 24.3 Å². The van der Waals surface area contributed by atoms with Crippen LogP contribution in [0.25, 0.3) is 0 Å². The Morgan fingerprint density at radius 2 is 1.94 bits per heavy atom. The van der Waals surface area contributed by atoms with Crippen molar-refractivity contribution in [3.05, 3.63) is 29.8 Å². The second-order valence-corrected chi connectivity index (χ2v) is 4.13. The maximum absolute atomic E-state index is 5.75. The van der Waals surface area contributed by atoms with Crippen molar-refractivity contribution in [3.8, 4) is 5.75 Å². The lowest BCUT2D eigenvalue weighted by atomic mass is 10.1. The van der Waals surface area contributed by atoms with Gasteiger partial charge in [-0.2, -0.15) is 0 Å². The van der Waals surface area contributed by atoms with Crippen molar-refractivity contribution in [1.82, 2.24) is 0 Å². The van der Waals surface area contributed by atoms with Crippen LogP contribution in [0, 0.1) is 0 Å². The maximum atomic E-state index is 5.75. The molecule has 0 saturated heterocycles. The summed E-state index contributed by atoms with van der Waals surface area (Å²) in [5.74, 6) is 0.876. The molecule has 1 rings (SSSR count). The molecule has 0 saturated carbocycles. The van der Waals surface area contributed by atoms with Crippen LogP contribution >= 0.6 is 22.6 Å². The van der Waals surface area contributed by atoms with E-state index in [2.05, 4.69) is 22.6 Å². The molecule has 0 aliphatic carbocycles. The lowest BCUT2D eigenvalue weighted by Gasteiger charge is -2.18. The Bertz CT molecular complexity index is 304. The smallest absolute Gasteiger partial charge is 0.124 e. The number of hydrogen-bond acceptors (Lipinski definition) is 3. The summed E-state index contributed by atoms with van der Waals surface area (Å²) in [7, 11) is 3.35. The molecule has 0 heterocycles. The van der Waals surface area contributed by atoms with E-state index >= 15 is 0 Å². The Morgan fingerprint density at radius 3 is 2.56 bits per heavy atom. The quantitative estimate of drug-likeness (QED) is 0.435. The molecule has 0 aromatic heterocycles. The molecule has 0 spiro atoms. The first-order chi connectivity index (χ1) is 7.83. The standard InChI is InChI=1S/C12H17IO3/c1-14-7-8-16-12(9-13)10-5-3-4-6-11(10)15-2/h3-6,12H,7-9H2,1-2H3. The van der Waals surface area contributed by atoms with E-state index in [4.69, 9.17) is 14.2 Å². The number of halogens is 1. The zero-order valence-electron chi connectivity index (χ0n) is 9.61. The topological polar surface area (TPSA) is 27.7 Å². The van der Waals surface area contributed by atoms with Crippen LogP contribution in [0.4, 0.5) is 0 Å². The molecule has 4 heteroatoms. The van der Waals surface area contributed by atoms with E-state index in [1.807, 2.05) is 24.3 Å². The fourth-order valence-electron chi connectivity index (χ4n) is 1.42. The zero-order valence-corrected chi connectivity index (χ0v) is 11.8. The van der Waals surface area contributed by atoms with Gasteiger partial charge in [-0.25, -0.2) is 0 Å². The van der Waals surface area contributed by atoms with E-state index in [0.29, 0.717) is 13.2 Å². The van der Waals surface area contributed by atoms with E-state index < -0.39 is 0 Å². The van der Waals surface area contributed by atoms with Gasteiger partial charge in [-0.1, -0.05) is 40.8 Å². The molecule has 90 valence electrons. The third-order valence-corrected chi connectivity index (χ3v) is 3.03. The number of para-hydroxylation sites is 1. The monoisotopic (exact) mass is 336 g/mol. The summed E-state index contributed by atoms with van der Waals surface area (Å²) in [4.78, 5) is 0. The van der Waals surface area contributed by atoms with Gasteiger partial charge in [0.25, 0.3) is 0 Å². The van der Waals surface area contributed by atoms with Crippen molar-refractivity contribution < 1.29 is 14.2 Å². The highest BCUT2D eigenvalue weighted by Crippen LogP contribution is 2.28. The summed E-state index contributed by atoms with van der Waals surface area (Å²) in [6.45, 7) is 1.21. The molecule has 0 amide bonds. The van der Waals surface area contributed by atoms with Gasteiger partial charge in [-0.05, 0) is 6.07 Å². The average molecular weight is 336 g/mol. The normalized spacial score (nSPS) is 12.4. The van der Waals surface area contributed by atoms with Gasteiger partial charge < -0.3 is 14.2 Å². The van der Waals surface area contributed by atoms with Gasteiger partial charge in [0, 0.05) is 17.1 Å². The Kier molecular flexibility index (Phi) is 6.75. The molecule has 0 radical (unpaired) electrons. The highest BCUT2D eigenvalue weighted by atomic mass is 127. The third-order valence-electron chi connectivity index (χ3n) is 2.23. The first kappa shape index (κ1) is 13.7. The van der Waals surface area contributed by atoms with Crippen LogP contribution in [0.5, 0.6) is 5.75 Å². The third kappa shape index (κ3) is 3.92.